The summed E-state index contributed by atoms with van der Waals surface area (Å²) in [4.78, 5) is 68.7. The number of rotatable bonds is 27. The van der Waals surface area contributed by atoms with Gasteiger partial charge in [-0.2, -0.15) is 0 Å². The summed E-state index contributed by atoms with van der Waals surface area (Å²) in [7, 11) is 7.27. The molecular formula is C40H71AlBN3O14P2. The molecule has 0 aromatic carbocycles. The molecule has 2 amide bonds. The summed E-state index contributed by atoms with van der Waals surface area (Å²) in [6.45, 7) is 16.3. The fourth-order valence-electron chi connectivity index (χ4n) is 4.65. The molecule has 7 atom stereocenters. The zero-order valence-corrected chi connectivity index (χ0v) is 39.9. The van der Waals surface area contributed by atoms with Gasteiger partial charge in [0.25, 0.3) is 0 Å². The van der Waals surface area contributed by atoms with Crippen LogP contribution in [0, 0.1) is 22.1 Å². The maximum absolute atomic E-state index is 12.7. The molecular weight excluding hydrogens is 846 g/mol. The van der Waals surface area contributed by atoms with E-state index in [9.17, 15) is 28.8 Å². The quantitative estimate of drug-likeness (QED) is 0.0268. The summed E-state index contributed by atoms with van der Waals surface area (Å²) in [5.41, 5.74) is 0. The zero-order chi connectivity index (χ0) is 47.7. The van der Waals surface area contributed by atoms with Crippen LogP contribution < -0.4 is 10.6 Å². The minimum absolute atomic E-state index is 0. The third kappa shape index (κ3) is 38.5. The van der Waals surface area contributed by atoms with E-state index in [-0.39, 0.29) is 58.9 Å². The first-order chi connectivity index (χ1) is 29.6. The van der Waals surface area contributed by atoms with E-state index in [1.165, 1.54) is 12.5 Å². The van der Waals surface area contributed by atoms with Crippen LogP contribution >= 0.6 is 18.5 Å². The van der Waals surface area contributed by atoms with Crippen LogP contribution in [0.2, 0.25) is 0 Å². The van der Waals surface area contributed by atoms with Crippen molar-refractivity contribution in [2.45, 2.75) is 83.7 Å². The first-order valence-corrected chi connectivity index (χ1v) is 21.5. The van der Waals surface area contributed by atoms with Gasteiger partial charge in [-0.05, 0) is 63.9 Å². The molecule has 0 saturated heterocycles. The van der Waals surface area contributed by atoms with E-state index >= 15 is 0 Å². The molecule has 7 unspecified atom stereocenters. The molecule has 2 saturated carbocycles. The Morgan fingerprint density at radius 1 is 0.689 bits per heavy atom. The number of hydrogen-bond acceptors (Lipinski definition) is 15. The average molecular weight is 922 g/mol. The summed E-state index contributed by atoms with van der Waals surface area (Å²) in [6, 6.07) is 0.662. The second-order valence-corrected chi connectivity index (χ2v) is 13.3. The fourth-order valence-corrected chi connectivity index (χ4v) is 4.92. The van der Waals surface area contributed by atoms with E-state index in [4.69, 9.17) is 35.5 Å². The molecule has 0 aromatic heterocycles. The summed E-state index contributed by atoms with van der Waals surface area (Å²) < 4.78 is 59.0. The Kier molecular flexibility index (Phi) is 46.0. The molecule has 21 heteroatoms. The van der Waals surface area contributed by atoms with E-state index in [0.29, 0.717) is 45.5 Å². The molecule has 0 aromatic rings. The zero-order valence-electron chi connectivity index (χ0n) is 38.4. The van der Waals surface area contributed by atoms with E-state index < -0.39 is 54.3 Å². The van der Waals surface area contributed by atoms with Crippen molar-refractivity contribution in [3.8, 4) is 0 Å². The summed E-state index contributed by atoms with van der Waals surface area (Å²) in [6.07, 6.45) is 9.09. The molecule has 0 bridgehead atoms. The molecule has 2 fully saturated rings. The van der Waals surface area contributed by atoms with Crippen LogP contribution in [0.3, 0.4) is 0 Å². The van der Waals surface area contributed by atoms with Gasteiger partial charge < -0.3 is 48.5 Å². The summed E-state index contributed by atoms with van der Waals surface area (Å²) >= 11 is 1.67. The van der Waals surface area contributed by atoms with Gasteiger partial charge in [0.1, 0.15) is 25.9 Å². The number of amides is 2. The van der Waals surface area contributed by atoms with E-state index in [1.807, 2.05) is 16.2 Å². The molecule has 2 rings (SSSR count). The van der Waals surface area contributed by atoms with Crippen molar-refractivity contribution in [2.75, 3.05) is 79.7 Å². The molecule has 17 nitrogen and oxygen atoms in total. The number of hydrogen-bond donors (Lipinski definition) is 3. The number of esters is 4. The molecule has 0 spiro atoms. The van der Waals surface area contributed by atoms with Gasteiger partial charge in [-0.25, -0.2) is 9.59 Å². The first-order valence-electron chi connectivity index (χ1n) is 20.7. The van der Waals surface area contributed by atoms with Crippen LogP contribution in [-0.2, 0) is 66.7 Å². The van der Waals surface area contributed by atoms with E-state index in [0.717, 1.165) is 44.3 Å². The van der Waals surface area contributed by atoms with Crippen molar-refractivity contribution < 1.29 is 69.4 Å². The third-order valence-corrected chi connectivity index (χ3v) is 8.68. The first kappa shape index (κ1) is 60.2. The second-order valence-electron chi connectivity index (χ2n) is 12.8. The topological polar surface area (TPSA) is 224 Å². The normalized spacial score (nSPS) is 15.2. The van der Waals surface area contributed by atoms with E-state index in [1.54, 1.807) is 37.2 Å². The standard InChI is InChI=1S/C21H38NO7P.C8H14O4.C7H11NO.C4H7O2P.Al.B.HN/c1-4-16(20(24)29-14-30)13-17(21(25)28-11-10-27-9-8-26-3)12-15(2)19(23)22-18-6-5-7-18;1-3-8(9)12-7-6-11-5-4-10-2;1-2-7(9)8-6-4-3-5-6;1-2-4(5)6-3-7;;;/h15-18H,4-14,30H2,1-3H3,(H,22,23);3H,1,4-7H2,2H3;2,6H,1,3-5H2,(H,8,9);2H,1,3,7H2;;;1H/i14T;;;3T;;;. The number of ether oxygens (including phenoxy) is 8. The molecule has 3 N–H and O–H groups in total. The van der Waals surface area contributed by atoms with Crippen molar-refractivity contribution in [2.24, 2.45) is 17.8 Å². The van der Waals surface area contributed by atoms with Crippen LogP contribution in [0.4, 0.5) is 0 Å². The Bertz CT molecular complexity index is 1290. The Labute approximate surface area is 381 Å². The third-order valence-electron chi connectivity index (χ3n) is 8.41. The van der Waals surface area contributed by atoms with Crippen LogP contribution in [0.1, 0.15) is 74.4 Å². The number of nitrogens with one attached hydrogen (secondary N) is 3. The molecule has 61 heavy (non-hydrogen) atoms. The number of carbonyl (C=O) groups excluding carboxylic acids is 6. The van der Waals surface area contributed by atoms with Crippen molar-refractivity contribution in [1.82, 2.24) is 10.6 Å². The molecule has 2 aliphatic carbocycles. The van der Waals surface area contributed by atoms with Gasteiger partial charge in [-0.15, -0.1) is 0 Å². The Morgan fingerprint density at radius 3 is 1.52 bits per heavy atom. The van der Waals surface area contributed by atoms with Crippen LogP contribution in [0.15, 0.2) is 38.0 Å². The van der Waals surface area contributed by atoms with Crippen molar-refractivity contribution in [3.63, 3.8) is 0 Å². The van der Waals surface area contributed by atoms with Crippen molar-refractivity contribution >= 4 is 78.7 Å². The number of carbonyl (C=O) groups is 6. The molecule has 0 aliphatic heterocycles. The fraction of sp³-hybridized carbons (Fsp3) is 0.700. The Balaban J connectivity index is -0.000000441. The van der Waals surface area contributed by atoms with Crippen LogP contribution in [-0.4, -0.2) is 152 Å². The SMILES string of the molecule is C=CC(=O)NC1CCC1.C=CC(=O)OCCOCCOC.[3H]C(P)OC(=O)C(CC)CC(CC(C)C(=O)NC1CCC1)C(=O)OCCOCCOC.[3H]C(P)OC(=O)C=C.[B].[NH]=[Al]. The van der Waals surface area contributed by atoms with Gasteiger partial charge in [0.2, 0.25) is 11.8 Å². The average Bonchev–Trinajstić information content (AvgIpc) is 3.22. The van der Waals surface area contributed by atoms with Crippen LogP contribution in [0.5, 0.6) is 0 Å². The van der Waals surface area contributed by atoms with E-state index in [2.05, 4.69) is 49.1 Å². The monoisotopic (exact) mass is 921 g/mol. The Morgan fingerprint density at radius 2 is 1.13 bits per heavy atom. The summed E-state index contributed by atoms with van der Waals surface area (Å²) in [5, 5.41) is 5.82. The minimum atomic E-state index is -1.05. The van der Waals surface area contributed by atoms with Gasteiger partial charge in [-0.1, -0.05) is 52.1 Å². The summed E-state index contributed by atoms with van der Waals surface area (Å²) in [5.74, 6) is -3.68. The Hall–Kier alpha value is -2.86. The van der Waals surface area contributed by atoms with Crippen molar-refractivity contribution in [1.29, 1.82) is 4.35 Å². The molecule has 346 valence electrons. The predicted octanol–water partition coefficient (Wildman–Crippen LogP) is 3.60. The molecule has 2 aliphatic rings. The van der Waals surface area contributed by atoms with Gasteiger partial charge in [0.15, 0.2) is 0 Å². The predicted molar refractivity (Wildman–Crippen MR) is 241 cm³/mol. The molecule has 0 heterocycles. The van der Waals surface area contributed by atoms with Crippen LogP contribution in [0.25, 0.3) is 0 Å². The van der Waals surface area contributed by atoms with Gasteiger partial charge in [0, 0.05) is 52.8 Å². The molecule has 4 radical (unpaired) electrons. The van der Waals surface area contributed by atoms with Gasteiger partial charge in [-0.3, -0.25) is 19.2 Å². The second kappa shape index (κ2) is 46.6. The van der Waals surface area contributed by atoms with Gasteiger partial charge in [0.05, 0.1) is 54.2 Å². The maximum atomic E-state index is 12.7. The number of methoxy groups -OCH3 is 2. The van der Waals surface area contributed by atoms with Gasteiger partial charge >= 0.3 is 44.3 Å². The van der Waals surface area contributed by atoms with Crippen molar-refractivity contribution in [3.05, 3.63) is 38.0 Å².